The van der Waals surface area contributed by atoms with Crippen molar-refractivity contribution in [1.29, 1.82) is 0 Å². The van der Waals surface area contributed by atoms with Gasteiger partial charge in [-0.2, -0.15) is 0 Å². The Balaban J connectivity index is 1.78. The fourth-order valence-corrected chi connectivity index (χ4v) is 2.81. The summed E-state index contributed by atoms with van der Waals surface area (Å²) in [4.78, 5) is 17.6. The van der Waals surface area contributed by atoms with Crippen molar-refractivity contribution < 1.29 is 9.21 Å². The van der Waals surface area contributed by atoms with Crippen LogP contribution >= 0.6 is 11.3 Å². The summed E-state index contributed by atoms with van der Waals surface area (Å²) in [7, 11) is 0. The molecule has 1 N–H and O–H groups in total. The van der Waals surface area contributed by atoms with E-state index < -0.39 is 0 Å². The van der Waals surface area contributed by atoms with Gasteiger partial charge in [-0.25, -0.2) is 4.98 Å². The maximum atomic E-state index is 12.0. The number of oxazole rings is 1. The van der Waals surface area contributed by atoms with Crippen LogP contribution in [0.2, 0.25) is 0 Å². The van der Waals surface area contributed by atoms with Crippen LogP contribution < -0.4 is 5.32 Å². The van der Waals surface area contributed by atoms with E-state index in [1.165, 1.54) is 0 Å². The molecule has 4 nitrogen and oxygen atoms in total. The zero-order chi connectivity index (χ0) is 15.7. The van der Waals surface area contributed by atoms with Crippen molar-refractivity contribution in [2.45, 2.75) is 32.6 Å². The summed E-state index contributed by atoms with van der Waals surface area (Å²) in [5.41, 5.74) is 2.10. The summed E-state index contributed by atoms with van der Waals surface area (Å²) in [6.07, 6.45) is 0.391. The topological polar surface area (TPSA) is 55.1 Å². The van der Waals surface area contributed by atoms with E-state index in [4.69, 9.17) is 4.42 Å². The number of hydrogen-bond donors (Lipinski definition) is 1. The summed E-state index contributed by atoms with van der Waals surface area (Å²) in [5, 5.41) is 4.88. The van der Waals surface area contributed by atoms with Crippen LogP contribution in [0.3, 0.4) is 0 Å². The molecule has 114 valence electrons. The van der Waals surface area contributed by atoms with E-state index in [1.54, 1.807) is 11.3 Å². The molecule has 3 aromatic rings. The normalized spacial score (nSPS) is 11.8. The fourth-order valence-electron chi connectivity index (χ4n) is 2.10. The minimum absolute atomic E-state index is 0.0265. The molecule has 0 unspecified atom stereocenters. The Morgan fingerprint density at radius 1 is 1.32 bits per heavy atom. The molecular formula is C17H18N2O2S. The Hall–Kier alpha value is -2.14. The Labute approximate surface area is 133 Å². The molecule has 5 heteroatoms. The number of rotatable bonds is 3. The summed E-state index contributed by atoms with van der Waals surface area (Å²) >= 11 is 1.58. The average Bonchev–Trinajstić information content (AvgIpc) is 3.06. The van der Waals surface area contributed by atoms with Gasteiger partial charge < -0.3 is 9.73 Å². The van der Waals surface area contributed by atoms with Gasteiger partial charge in [0.2, 0.25) is 11.8 Å². The highest BCUT2D eigenvalue weighted by molar-refractivity contribution is 7.10. The van der Waals surface area contributed by atoms with Crippen LogP contribution in [0.25, 0.3) is 11.1 Å². The van der Waals surface area contributed by atoms with Gasteiger partial charge in [-0.1, -0.05) is 26.8 Å². The molecule has 0 atom stereocenters. The number of nitrogens with zero attached hydrogens (tertiary/aromatic N) is 1. The number of thiophene rings is 1. The van der Waals surface area contributed by atoms with Gasteiger partial charge in [0.25, 0.3) is 0 Å². The Kier molecular flexibility index (Phi) is 3.74. The third-order valence-electron chi connectivity index (χ3n) is 3.23. The molecule has 0 aliphatic rings. The van der Waals surface area contributed by atoms with Crippen LogP contribution in [0, 0.1) is 0 Å². The molecule has 0 aliphatic carbocycles. The molecule has 0 aliphatic heterocycles. The lowest BCUT2D eigenvalue weighted by atomic mass is 9.97. The molecule has 22 heavy (non-hydrogen) atoms. The highest BCUT2D eigenvalue weighted by atomic mass is 32.1. The standard InChI is InChI=1S/C17H18N2O2S/c1-17(2,3)16-19-13-9-11(6-7-14(13)21-16)18-15(20)10-12-5-4-8-22-12/h4-9H,10H2,1-3H3,(H,18,20). The first kappa shape index (κ1) is 14.8. The van der Waals surface area contributed by atoms with Crippen molar-refractivity contribution in [3.05, 3.63) is 46.5 Å². The molecule has 2 heterocycles. The maximum Gasteiger partial charge on any atom is 0.229 e. The third-order valence-corrected chi connectivity index (χ3v) is 4.10. The van der Waals surface area contributed by atoms with E-state index in [2.05, 4.69) is 31.1 Å². The van der Waals surface area contributed by atoms with E-state index in [1.807, 2.05) is 35.7 Å². The predicted molar refractivity (Wildman–Crippen MR) is 89.4 cm³/mol. The van der Waals surface area contributed by atoms with Gasteiger partial charge in [-0.3, -0.25) is 4.79 Å². The number of hydrogen-bond acceptors (Lipinski definition) is 4. The Morgan fingerprint density at radius 2 is 2.14 bits per heavy atom. The molecule has 0 radical (unpaired) electrons. The minimum Gasteiger partial charge on any atom is -0.440 e. The molecule has 0 saturated heterocycles. The number of amides is 1. The number of fused-ring (bicyclic) bond motifs is 1. The molecule has 0 fully saturated rings. The van der Waals surface area contributed by atoms with Gasteiger partial charge in [0.1, 0.15) is 5.52 Å². The average molecular weight is 314 g/mol. The smallest absolute Gasteiger partial charge is 0.229 e. The lowest BCUT2D eigenvalue weighted by Gasteiger charge is -2.11. The van der Waals surface area contributed by atoms with E-state index >= 15 is 0 Å². The first-order valence-corrected chi connectivity index (χ1v) is 8.03. The molecule has 1 aromatic carbocycles. The predicted octanol–water partition coefficient (Wildman–Crippen LogP) is 4.37. The highest BCUT2D eigenvalue weighted by Gasteiger charge is 2.21. The van der Waals surface area contributed by atoms with Crippen LogP contribution in [0.1, 0.15) is 31.5 Å². The van der Waals surface area contributed by atoms with Crippen molar-refractivity contribution in [2.24, 2.45) is 0 Å². The lowest BCUT2D eigenvalue weighted by molar-refractivity contribution is -0.115. The Morgan fingerprint density at radius 3 is 2.82 bits per heavy atom. The second kappa shape index (κ2) is 5.57. The second-order valence-corrected chi connectivity index (χ2v) is 7.29. The Bertz CT molecular complexity index is 798. The van der Waals surface area contributed by atoms with Crippen molar-refractivity contribution in [3.8, 4) is 0 Å². The molecule has 1 amide bonds. The summed E-state index contributed by atoms with van der Waals surface area (Å²) < 4.78 is 5.76. The number of nitrogens with one attached hydrogen (secondary N) is 1. The zero-order valence-corrected chi connectivity index (χ0v) is 13.7. The van der Waals surface area contributed by atoms with Gasteiger partial charge in [0, 0.05) is 16.0 Å². The van der Waals surface area contributed by atoms with Crippen LogP contribution in [-0.4, -0.2) is 10.9 Å². The second-order valence-electron chi connectivity index (χ2n) is 6.26. The molecule has 2 aromatic heterocycles. The monoisotopic (exact) mass is 314 g/mol. The molecule has 0 bridgehead atoms. The third kappa shape index (κ3) is 3.20. The van der Waals surface area contributed by atoms with Gasteiger partial charge in [0.05, 0.1) is 6.42 Å². The fraction of sp³-hybridized carbons (Fsp3) is 0.294. The number of benzene rings is 1. The van der Waals surface area contributed by atoms with Gasteiger partial charge >= 0.3 is 0 Å². The molecule has 0 spiro atoms. The first-order chi connectivity index (χ1) is 10.4. The van der Waals surface area contributed by atoms with Crippen molar-refractivity contribution in [3.63, 3.8) is 0 Å². The van der Waals surface area contributed by atoms with E-state index in [0.29, 0.717) is 12.3 Å². The van der Waals surface area contributed by atoms with E-state index in [0.717, 1.165) is 21.7 Å². The zero-order valence-electron chi connectivity index (χ0n) is 12.8. The minimum atomic E-state index is -0.137. The van der Waals surface area contributed by atoms with Crippen LogP contribution in [0.5, 0.6) is 0 Å². The molecule has 0 saturated carbocycles. The van der Waals surface area contributed by atoms with E-state index in [-0.39, 0.29) is 11.3 Å². The molecular weight excluding hydrogens is 296 g/mol. The summed E-state index contributed by atoms with van der Waals surface area (Å²) in [5.74, 6) is 0.672. The number of aromatic nitrogens is 1. The van der Waals surface area contributed by atoms with Gasteiger partial charge in [0.15, 0.2) is 5.58 Å². The van der Waals surface area contributed by atoms with Crippen molar-refractivity contribution >= 4 is 34.0 Å². The maximum absolute atomic E-state index is 12.0. The van der Waals surface area contributed by atoms with Crippen LogP contribution in [0.15, 0.2) is 40.1 Å². The van der Waals surface area contributed by atoms with Gasteiger partial charge in [-0.15, -0.1) is 11.3 Å². The van der Waals surface area contributed by atoms with E-state index in [9.17, 15) is 4.79 Å². The molecule has 3 rings (SSSR count). The summed E-state index contributed by atoms with van der Waals surface area (Å²) in [6.45, 7) is 6.17. The lowest BCUT2D eigenvalue weighted by Crippen LogP contribution is -2.13. The number of carbonyl (C=O) groups is 1. The highest BCUT2D eigenvalue weighted by Crippen LogP contribution is 2.27. The summed E-state index contributed by atoms with van der Waals surface area (Å²) in [6, 6.07) is 9.44. The first-order valence-electron chi connectivity index (χ1n) is 7.15. The SMILES string of the molecule is CC(C)(C)c1nc2cc(NC(=O)Cc3cccs3)ccc2o1. The van der Waals surface area contributed by atoms with Crippen LogP contribution in [-0.2, 0) is 16.6 Å². The quantitative estimate of drug-likeness (QED) is 0.781. The number of carbonyl (C=O) groups excluding carboxylic acids is 1. The van der Waals surface area contributed by atoms with Crippen molar-refractivity contribution in [2.75, 3.05) is 5.32 Å². The van der Waals surface area contributed by atoms with Crippen molar-refractivity contribution in [1.82, 2.24) is 4.98 Å². The largest absolute Gasteiger partial charge is 0.440 e. The van der Waals surface area contributed by atoms with Crippen LogP contribution in [0.4, 0.5) is 5.69 Å². The van der Waals surface area contributed by atoms with Gasteiger partial charge in [-0.05, 0) is 29.6 Å². The number of anilines is 1.